The molecule has 122 valence electrons. The summed E-state index contributed by atoms with van der Waals surface area (Å²) < 4.78 is 0. The molecule has 1 atom stereocenters. The fourth-order valence-electron chi connectivity index (χ4n) is 3.14. The van der Waals surface area contributed by atoms with E-state index in [4.69, 9.17) is 0 Å². The van der Waals surface area contributed by atoms with Crippen LogP contribution in [0.15, 0.2) is 18.5 Å². The molecule has 2 fully saturated rings. The average Bonchev–Trinajstić information content (AvgIpc) is 2.87. The van der Waals surface area contributed by atoms with Crippen LogP contribution in [-0.2, 0) is 9.59 Å². The highest BCUT2D eigenvalue weighted by atomic mass is 16.2. The molecule has 2 saturated heterocycles. The van der Waals surface area contributed by atoms with Gasteiger partial charge in [0.25, 0.3) is 5.91 Å². The Morgan fingerprint density at radius 2 is 2.00 bits per heavy atom. The second-order valence-corrected chi connectivity index (χ2v) is 6.18. The summed E-state index contributed by atoms with van der Waals surface area (Å²) in [5.74, 6) is -0.447. The predicted octanol–water partition coefficient (Wildman–Crippen LogP) is -0.191. The van der Waals surface area contributed by atoms with E-state index in [-0.39, 0.29) is 36.1 Å². The predicted molar refractivity (Wildman–Crippen MR) is 82.6 cm³/mol. The van der Waals surface area contributed by atoms with Gasteiger partial charge in [-0.3, -0.25) is 19.4 Å². The van der Waals surface area contributed by atoms with Gasteiger partial charge in [0.15, 0.2) is 0 Å². The lowest BCUT2D eigenvalue weighted by Gasteiger charge is -2.44. The minimum Gasteiger partial charge on any atom is -0.359 e. The first-order chi connectivity index (χ1) is 11.0. The molecule has 0 radical (unpaired) electrons. The Morgan fingerprint density at radius 1 is 1.26 bits per heavy atom. The highest BCUT2D eigenvalue weighted by Crippen LogP contribution is 2.26. The van der Waals surface area contributed by atoms with Crippen molar-refractivity contribution < 1.29 is 14.4 Å². The summed E-state index contributed by atoms with van der Waals surface area (Å²) in [5.41, 5.74) is 1.51. The Morgan fingerprint density at radius 3 is 2.65 bits per heavy atom. The molecule has 3 rings (SSSR count). The summed E-state index contributed by atoms with van der Waals surface area (Å²) in [5, 5.41) is 2.59. The molecule has 0 aliphatic carbocycles. The van der Waals surface area contributed by atoms with Gasteiger partial charge in [-0.15, -0.1) is 0 Å². The van der Waals surface area contributed by atoms with Gasteiger partial charge in [-0.2, -0.15) is 0 Å². The monoisotopic (exact) mass is 316 g/mol. The van der Waals surface area contributed by atoms with Crippen LogP contribution in [0.2, 0.25) is 0 Å². The number of aryl methyl sites for hydroxylation is 1. The Kier molecular flexibility index (Phi) is 4.02. The van der Waals surface area contributed by atoms with Crippen LogP contribution in [0.1, 0.15) is 22.3 Å². The van der Waals surface area contributed by atoms with Crippen LogP contribution >= 0.6 is 0 Å². The van der Waals surface area contributed by atoms with Gasteiger partial charge in [-0.05, 0) is 18.6 Å². The highest BCUT2D eigenvalue weighted by molar-refractivity contribution is 5.95. The van der Waals surface area contributed by atoms with Gasteiger partial charge in [-0.25, -0.2) is 0 Å². The van der Waals surface area contributed by atoms with Crippen LogP contribution in [0.25, 0.3) is 0 Å². The fraction of sp³-hybridized carbons (Fsp3) is 0.500. The number of hydrogen-bond acceptors (Lipinski definition) is 4. The van der Waals surface area contributed by atoms with Crippen LogP contribution in [0.5, 0.6) is 0 Å². The largest absolute Gasteiger partial charge is 0.359 e. The molecule has 2 aliphatic heterocycles. The van der Waals surface area contributed by atoms with Gasteiger partial charge in [0.1, 0.15) is 0 Å². The van der Waals surface area contributed by atoms with Crippen molar-refractivity contribution in [2.75, 3.05) is 26.7 Å². The van der Waals surface area contributed by atoms with E-state index in [0.29, 0.717) is 25.2 Å². The number of hydrogen-bond donors (Lipinski definition) is 1. The minimum atomic E-state index is -0.279. The molecule has 0 spiro atoms. The second-order valence-electron chi connectivity index (χ2n) is 6.18. The number of pyridine rings is 1. The van der Waals surface area contributed by atoms with Crippen LogP contribution in [0.3, 0.4) is 0 Å². The van der Waals surface area contributed by atoms with Gasteiger partial charge in [0, 0.05) is 45.5 Å². The van der Waals surface area contributed by atoms with E-state index in [9.17, 15) is 14.4 Å². The first kappa shape index (κ1) is 15.5. The molecule has 1 aromatic rings. The average molecular weight is 316 g/mol. The number of nitrogens with one attached hydrogen (secondary N) is 1. The lowest BCUT2D eigenvalue weighted by molar-refractivity contribution is -0.132. The van der Waals surface area contributed by atoms with Crippen molar-refractivity contribution in [3.63, 3.8) is 0 Å². The molecular weight excluding hydrogens is 296 g/mol. The maximum atomic E-state index is 12.4. The minimum absolute atomic E-state index is 0.00655. The van der Waals surface area contributed by atoms with Crippen molar-refractivity contribution >= 4 is 17.7 Å². The number of likely N-dealkylation sites (tertiary alicyclic amines) is 2. The molecule has 2 aliphatic rings. The summed E-state index contributed by atoms with van der Waals surface area (Å²) in [6.07, 6.45) is 3.52. The van der Waals surface area contributed by atoms with E-state index in [0.717, 1.165) is 5.56 Å². The first-order valence-corrected chi connectivity index (χ1v) is 7.71. The number of carbonyl (C=O) groups is 3. The smallest absolute Gasteiger partial charge is 0.255 e. The maximum absolute atomic E-state index is 12.4. The van der Waals surface area contributed by atoms with E-state index in [1.807, 2.05) is 13.0 Å². The number of nitrogens with zero attached hydrogens (tertiary/aromatic N) is 3. The molecule has 7 heteroatoms. The van der Waals surface area contributed by atoms with Gasteiger partial charge < -0.3 is 15.1 Å². The van der Waals surface area contributed by atoms with E-state index in [1.165, 1.54) is 0 Å². The van der Waals surface area contributed by atoms with Crippen molar-refractivity contribution in [3.05, 3.63) is 29.6 Å². The Bertz CT molecular complexity index is 654. The zero-order valence-corrected chi connectivity index (χ0v) is 13.3. The third kappa shape index (κ3) is 2.91. The number of carbonyl (C=O) groups excluding carboxylic acids is 3. The van der Waals surface area contributed by atoms with Crippen molar-refractivity contribution in [1.29, 1.82) is 0 Å². The zero-order valence-electron chi connectivity index (χ0n) is 13.3. The Hall–Kier alpha value is -2.44. The van der Waals surface area contributed by atoms with Gasteiger partial charge >= 0.3 is 0 Å². The molecule has 1 aromatic heterocycles. The molecule has 1 unspecified atom stereocenters. The summed E-state index contributed by atoms with van der Waals surface area (Å²) in [4.78, 5) is 43.6. The SMILES string of the molecule is CNC(=O)C1CC(=O)N(C2CN(C(=O)c3cncc(C)c3)C2)C1. The Labute approximate surface area is 134 Å². The lowest BCUT2D eigenvalue weighted by Crippen LogP contribution is -2.61. The van der Waals surface area contributed by atoms with Crippen molar-refractivity contribution in [2.24, 2.45) is 5.92 Å². The normalized spacial score (nSPS) is 21.3. The van der Waals surface area contributed by atoms with Crippen molar-refractivity contribution in [2.45, 2.75) is 19.4 Å². The van der Waals surface area contributed by atoms with Crippen LogP contribution in [0, 0.1) is 12.8 Å². The molecule has 3 heterocycles. The number of amides is 3. The van der Waals surface area contributed by atoms with Crippen molar-refractivity contribution in [3.8, 4) is 0 Å². The summed E-state index contributed by atoms with van der Waals surface area (Å²) >= 11 is 0. The number of rotatable bonds is 3. The third-order valence-electron chi connectivity index (χ3n) is 4.49. The van der Waals surface area contributed by atoms with Gasteiger partial charge in [0.05, 0.1) is 17.5 Å². The third-order valence-corrected chi connectivity index (χ3v) is 4.49. The molecule has 0 bridgehead atoms. The van der Waals surface area contributed by atoms with Gasteiger partial charge in [0.2, 0.25) is 11.8 Å². The summed E-state index contributed by atoms with van der Waals surface area (Å²) in [7, 11) is 1.58. The topological polar surface area (TPSA) is 82.6 Å². The molecule has 7 nitrogen and oxygen atoms in total. The second kappa shape index (κ2) is 5.98. The van der Waals surface area contributed by atoms with Gasteiger partial charge in [-0.1, -0.05) is 0 Å². The van der Waals surface area contributed by atoms with E-state index < -0.39 is 0 Å². The van der Waals surface area contributed by atoms with E-state index in [1.54, 1.807) is 29.2 Å². The summed E-state index contributed by atoms with van der Waals surface area (Å²) in [6.45, 7) is 3.36. The zero-order chi connectivity index (χ0) is 16.6. The standard InChI is InChI=1S/C16H20N4O3/c1-10-3-11(6-18-5-10)16(23)19-8-13(9-19)20-7-12(4-14(20)21)15(22)17-2/h3,5-6,12-13H,4,7-9H2,1-2H3,(H,17,22). The van der Waals surface area contributed by atoms with Crippen LogP contribution in [-0.4, -0.2) is 65.2 Å². The molecule has 3 amide bonds. The van der Waals surface area contributed by atoms with E-state index >= 15 is 0 Å². The Balaban J connectivity index is 1.58. The lowest BCUT2D eigenvalue weighted by atomic mass is 10.0. The summed E-state index contributed by atoms with van der Waals surface area (Å²) in [6, 6.07) is 1.82. The first-order valence-electron chi connectivity index (χ1n) is 7.71. The molecule has 1 N–H and O–H groups in total. The fourth-order valence-corrected chi connectivity index (χ4v) is 3.14. The van der Waals surface area contributed by atoms with Crippen LogP contribution in [0.4, 0.5) is 0 Å². The molecule has 0 saturated carbocycles. The maximum Gasteiger partial charge on any atom is 0.255 e. The quantitative estimate of drug-likeness (QED) is 0.838. The highest BCUT2D eigenvalue weighted by Gasteiger charge is 2.43. The van der Waals surface area contributed by atoms with Crippen molar-refractivity contribution in [1.82, 2.24) is 20.1 Å². The van der Waals surface area contributed by atoms with E-state index in [2.05, 4.69) is 10.3 Å². The molecular formula is C16H20N4O3. The number of aromatic nitrogens is 1. The van der Waals surface area contributed by atoms with Crippen LogP contribution < -0.4 is 5.32 Å². The molecule has 23 heavy (non-hydrogen) atoms. The molecule has 0 aromatic carbocycles.